The van der Waals surface area contributed by atoms with E-state index >= 15 is 0 Å². The van der Waals surface area contributed by atoms with E-state index in [2.05, 4.69) is 5.32 Å². The number of carbonyl (C=O) groups excluding carboxylic acids is 2. The molecule has 0 spiro atoms. The highest BCUT2D eigenvalue weighted by Crippen LogP contribution is 2.34. The lowest BCUT2D eigenvalue weighted by Gasteiger charge is -2.07. The Morgan fingerprint density at radius 2 is 1.88 bits per heavy atom. The summed E-state index contributed by atoms with van der Waals surface area (Å²) >= 11 is 13.5. The molecule has 0 aliphatic heterocycles. The van der Waals surface area contributed by atoms with Gasteiger partial charge in [0, 0.05) is 26.6 Å². The first-order valence-corrected chi connectivity index (χ1v) is 9.68. The molecule has 0 aliphatic carbocycles. The third-order valence-corrected chi connectivity index (χ3v) is 5.40. The van der Waals surface area contributed by atoms with Crippen LogP contribution >= 0.6 is 34.5 Å². The van der Waals surface area contributed by atoms with E-state index in [0.29, 0.717) is 32.6 Å². The molecule has 0 atom stereocenters. The number of nitrogens with one attached hydrogen (secondary N) is 1. The maximum absolute atomic E-state index is 12.3. The molecule has 1 heterocycles. The van der Waals surface area contributed by atoms with E-state index in [0.717, 1.165) is 10.4 Å². The van der Waals surface area contributed by atoms with E-state index in [1.54, 1.807) is 31.2 Å². The minimum absolute atomic E-state index is 0.273. The van der Waals surface area contributed by atoms with Gasteiger partial charge in [0.15, 0.2) is 0 Å². The van der Waals surface area contributed by atoms with Gasteiger partial charge in [-0.05, 0) is 44.0 Å². The molecule has 1 amide bonds. The Morgan fingerprint density at radius 1 is 1.23 bits per heavy atom. The number of carbonyl (C=O) groups is 2. The van der Waals surface area contributed by atoms with Crippen molar-refractivity contribution in [3.05, 3.63) is 55.9 Å². The number of hydrogen-bond acceptors (Lipinski definition) is 4. The Kier molecular flexibility index (Phi) is 7.26. The van der Waals surface area contributed by atoms with Crippen LogP contribution in [-0.2, 0) is 16.0 Å². The van der Waals surface area contributed by atoms with Crippen LogP contribution in [0, 0.1) is 6.92 Å². The Hall–Kier alpha value is -1.82. The van der Waals surface area contributed by atoms with Crippen LogP contribution < -0.4 is 5.32 Å². The van der Waals surface area contributed by atoms with Crippen LogP contribution in [-0.4, -0.2) is 18.5 Å². The molecule has 0 radical (unpaired) electrons. The summed E-state index contributed by atoms with van der Waals surface area (Å²) in [6, 6.07) is 5.12. The number of halogens is 2. The van der Waals surface area contributed by atoms with Crippen molar-refractivity contribution < 1.29 is 14.3 Å². The van der Waals surface area contributed by atoms with Gasteiger partial charge in [0.25, 0.3) is 0 Å². The molecule has 7 heteroatoms. The van der Waals surface area contributed by atoms with Gasteiger partial charge < -0.3 is 10.1 Å². The SMILES string of the molecule is CCOC(=O)c1c(NC(=O)C=Cc2c(Cl)cccc2Cl)sc(C)c1CC. The lowest BCUT2D eigenvalue weighted by Crippen LogP contribution is -2.13. The van der Waals surface area contributed by atoms with Crippen molar-refractivity contribution in [1.29, 1.82) is 0 Å². The highest BCUT2D eigenvalue weighted by atomic mass is 35.5. The Balaban J connectivity index is 2.26. The first-order chi connectivity index (χ1) is 12.4. The van der Waals surface area contributed by atoms with Gasteiger partial charge in [0.05, 0.1) is 12.2 Å². The molecule has 26 heavy (non-hydrogen) atoms. The zero-order valence-electron chi connectivity index (χ0n) is 14.7. The van der Waals surface area contributed by atoms with Crippen LogP contribution in [0.4, 0.5) is 5.00 Å². The van der Waals surface area contributed by atoms with E-state index in [9.17, 15) is 9.59 Å². The number of rotatable bonds is 6. The maximum Gasteiger partial charge on any atom is 0.341 e. The molecule has 0 aliphatic rings. The number of anilines is 1. The van der Waals surface area contributed by atoms with Crippen LogP contribution in [0.5, 0.6) is 0 Å². The first kappa shape index (κ1) is 20.5. The number of aryl methyl sites for hydroxylation is 1. The van der Waals surface area contributed by atoms with Crippen molar-refractivity contribution >= 4 is 57.5 Å². The van der Waals surface area contributed by atoms with Gasteiger partial charge in [-0.25, -0.2) is 4.79 Å². The molecule has 138 valence electrons. The molecule has 2 rings (SSSR count). The molecule has 0 saturated carbocycles. The van der Waals surface area contributed by atoms with Crippen LogP contribution in [0.3, 0.4) is 0 Å². The normalized spacial score (nSPS) is 11.0. The second kappa shape index (κ2) is 9.21. The topological polar surface area (TPSA) is 55.4 Å². The van der Waals surface area contributed by atoms with Crippen molar-refractivity contribution in [1.82, 2.24) is 0 Å². The van der Waals surface area contributed by atoms with Crippen LogP contribution in [0.25, 0.3) is 6.08 Å². The van der Waals surface area contributed by atoms with Crippen molar-refractivity contribution in [3.63, 3.8) is 0 Å². The standard InChI is InChI=1S/C19H19Cl2NO3S/c1-4-12-11(3)26-18(17(12)19(24)25-5-2)22-16(23)10-9-13-14(20)7-6-8-15(13)21/h6-10H,4-5H2,1-3H3,(H,22,23). The molecular weight excluding hydrogens is 393 g/mol. The summed E-state index contributed by atoms with van der Waals surface area (Å²) in [4.78, 5) is 25.6. The molecule has 0 bridgehead atoms. The van der Waals surface area contributed by atoms with Gasteiger partial charge in [0.2, 0.25) is 5.91 Å². The van der Waals surface area contributed by atoms with Gasteiger partial charge in [0.1, 0.15) is 5.00 Å². The molecular formula is C19H19Cl2NO3S. The number of benzene rings is 1. The highest BCUT2D eigenvalue weighted by molar-refractivity contribution is 7.16. The number of ether oxygens (including phenoxy) is 1. The molecule has 2 aromatic rings. The Bertz CT molecular complexity index is 838. The third kappa shape index (κ3) is 4.67. The molecule has 1 N–H and O–H groups in total. The fraction of sp³-hybridized carbons (Fsp3) is 0.263. The van der Waals surface area contributed by atoms with Crippen LogP contribution in [0.15, 0.2) is 24.3 Å². The third-order valence-electron chi connectivity index (χ3n) is 3.68. The van der Waals surface area contributed by atoms with Gasteiger partial charge in [-0.15, -0.1) is 11.3 Å². The van der Waals surface area contributed by atoms with Crippen molar-refractivity contribution in [2.24, 2.45) is 0 Å². The van der Waals surface area contributed by atoms with Crippen molar-refractivity contribution in [2.75, 3.05) is 11.9 Å². The monoisotopic (exact) mass is 411 g/mol. The minimum Gasteiger partial charge on any atom is -0.462 e. The first-order valence-electron chi connectivity index (χ1n) is 8.11. The van der Waals surface area contributed by atoms with E-state index < -0.39 is 5.97 Å². The fourth-order valence-corrected chi connectivity index (χ4v) is 4.15. The summed E-state index contributed by atoms with van der Waals surface area (Å²) in [5, 5.41) is 4.15. The lowest BCUT2D eigenvalue weighted by atomic mass is 10.1. The van der Waals surface area contributed by atoms with Gasteiger partial charge in [-0.1, -0.05) is 36.2 Å². The number of amides is 1. The minimum atomic E-state index is -0.429. The Labute approximate surface area is 166 Å². The van der Waals surface area contributed by atoms with E-state index in [1.165, 1.54) is 17.4 Å². The second-order valence-electron chi connectivity index (χ2n) is 5.37. The van der Waals surface area contributed by atoms with Crippen molar-refractivity contribution in [2.45, 2.75) is 27.2 Å². The fourth-order valence-electron chi connectivity index (χ4n) is 2.49. The van der Waals surface area contributed by atoms with Crippen LogP contribution in [0.2, 0.25) is 10.0 Å². The highest BCUT2D eigenvalue weighted by Gasteiger charge is 2.23. The zero-order valence-corrected chi connectivity index (χ0v) is 17.0. The average molecular weight is 412 g/mol. The van der Waals surface area contributed by atoms with Gasteiger partial charge in [-0.2, -0.15) is 0 Å². The quantitative estimate of drug-likeness (QED) is 0.485. The largest absolute Gasteiger partial charge is 0.462 e. The summed E-state index contributed by atoms with van der Waals surface area (Å²) in [5.74, 6) is -0.808. The maximum atomic E-state index is 12.3. The number of esters is 1. The Morgan fingerprint density at radius 3 is 2.46 bits per heavy atom. The summed E-state index contributed by atoms with van der Waals surface area (Å²) in [6.45, 7) is 5.90. The molecule has 0 fully saturated rings. The summed E-state index contributed by atoms with van der Waals surface area (Å²) in [6.07, 6.45) is 3.56. The van der Waals surface area contributed by atoms with Crippen molar-refractivity contribution in [3.8, 4) is 0 Å². The van der Waals surface area contributed by atoms with Gasteiger partial charge in [-0.3, -0.25) is 4.79 Å². The average Bonchev–Trinajstić information content (AvgIpc) is 2.89. The molecule has 1 aromatic heterocycles. The lowest BCUT2D eigenvalue weighted by molar-refractivity contribution is -0.111. The smallest absolute Gasteiger partial charge is 0.341 e. The second-order valence-corrected chi connectivity index (χ2v) is 7.41. The predicted molar refractivity (Wildman–Crippen MR) is 109 cm³/mol. The zero-order chi connectivity index (χ0) is 19.3. The van der Waals surface area contributed by atoms with E-state index in [1.807, 2.05) is 13.8 Å². The molecule has 0 unspecified atom stereocenters. The molecule has 0 saturated heterocycles. The van der Waals surface area contributed by atoms with E-state index in [4.69, 9.17) is 27.9 Å². The number of hydrogen-bond donors (Lipinski definition) is 1. The summed E-state index contributed by atoms with van der Waals surface area (Å²) < 4.78 is 5.13. The number of thiophene rings is 1. The molecule has 1 aromatic carbocycles. The summed E-state index contributed by atoms with van der Waals surface area (Å²) in [7, 11) is 0. The summed E-state index contributed by atoms with van der Waals surface area (Å²) in [5.41, 5.74) is 1.88. The van der Waals surface area contributed by atoms with Gasteiger partial charge >= 0.3 is 5.97 Å². The molecule has 4 nitrogen and oxygen atoms in total. The van der Waals surface area contributed by atoms with E-state index in [-0.39, 0.29) is 12.5 Å². The van der Waals surface area contributed by atoms with Crippen LogP contribution in [0.1, 0.15) is 40.2 Å². The predicted octanol–water partition coefficient (Wildman–Crippen LogP) is 5.75.